The molecule has 0 aliphatic heterocycles. The molecule has 6 aromatic rings. The zero-order chi connectivity index (χ0) is 42.6. The van der Waals surface area contributed by atoms with Gasteiger partial charge in [-0.05, 0) is 76.9 Å². The Hall–Kier alpha value is -4.72. The molecule has 0 unspecified atom stereocenters. The minimum absolute atomic E-state index is 0. The number of nitrogens with one attached hydrogen (secondary N) is 1. The number of alkyl halides is 1. The Balaban J connectivity index is 0.000000473. The van der Waals surface area contributed by atoms with Crippen LogP contribution in [0.25, 0.3) is 22.1 Å². The zero-order valence-electron chi connectivity index (χ0n) is 35.0. The molecule has 0 atom stereocenters. The largest absolute Gasteiger partial charge is 0.399 e. The van der Waals surface area contributed by atoms with Crippen molar-refractivity contribution in [2.75, 3.05) is 22.1 Å². The van der Waals surface area contributed by atoms with Crippen molar-refractivity contribution in [2.45, 2.75) is 79.3 Å². The van der Waals surface area contributed by atoms with Gasteiger partial charge in [0.25, 0.3) is 10.0 Å². The van der Waals surface area contributed by atoms with Crippen LogP contribution >= 0.6 is 22.3 Å². The molecule has 4 aromatic heterocycles. The van der Waals surface area contributed by atoms with Gasteiger partial charge in [0, 0.05) is 60.0 Å². The number of fused-ring (bicyclic) bond motifs is 2. The SMILES string of the molecule is C=CS(=O)(=O)Nc1cccc(Cc2nn(C(C)(C)C)c3ncncc23)c1.CC(C)(C)n1nc(Cc2cccc(N)c2)c2cncnc21.N.N.O=S(=O)(Cl)CCCl.[2H]CC. The van der Waals surface area contributed by atoms with Crippen molar-refractivity contribution in [3.63, 3.8) is 0 Å². The first-order valence-electron chi connectivity index (χ1n) is 18.1. The molecule has 0 aliphatic rings. The standard InChI is InChI=1S/C18H21N5O2S.C16H19N5.C2H4Cl2O2S.C2H6.2H3N/c1-5-26(24,25)22-14-8-6-7-13(9-14)10-16-15-11-19-12-20-17(15)23(21-16)18(2,3)4;1-16(2,3)21-15-13(9-18-10-19-15)14(20-21)8-11-5-4-6-12(17)7-11;3-1-2-7(4,5)6;1-2;;/h5-9,11-12,22H,1,10H2,2-4H3;4-7,9-10H,8,17H2,1-3H3;1-2H2;1-2H3;2*1H3/i;;;1D;;. The number of anilines is 2. The van der Waals surface area contributed by atoms with Crippen molar-refractivity contribution in [1.82, 2.24) is 51.8 Å². The van der Waals surface area contributed by atoms with E-state index in [9.17, 15) is 16.8 Å². The van der Waals surface area contributed by atoms with Crippen molar-refractivity contribution in [3.8, 4) is 0 Å². The second-order valence-electron chi connectivity index (χ2n) is 14.1. The van der Waals surface area contributed by atoms with Crippen molar-refractivity contribution in [2.24, 2.45) is 0 Å². The first-order chi connectivity index (χ1) is 26.6. The molecule has 0 saturated heterocycles. The zero-order valence-corrected chi connectivity index (χ0v) is 37.2. The Morgan fingerprint density at radius 3 is 1.66 bits per heavy atom. The van der Waals surface area contributed by atoms with E-state index in [0.29, 0.717) is 19.0 Å². The molecule has 0 aliphatic carbocycles. The summed E-state index contributed by atoms with van der Waals surface area (Å²) in [6.45, 7) is 18.1. The molecule has 4 heterocycles. The Morgan fingerprint density at radius 1 is 0.828 bits per heavy atom. The Kier molecular flexibility index (Phi) is 18.6. The summed E-state index contributed by atoms with van der Waals surface area (Å²) in [4.78, 5) is 17.0. The van der Waals surface area contributed by atoms with Crippen LogP contribution in [0.2, 0.25) is 0 Å². The summed E-state index contributed by atoms with van der Waals surface area (Å²) in [5.74, 6) is -0.0953. The molecule has 16 nitrogen and oxygen atoms in total. The average Bonchev–Trinajstić information content (AvgIpc) is 3.68. The molecule has 318 valence electrons. The Bertz CT molecular complexity index is 2490. The van der Waals surface area contributed by atoms with Gasteiger partial charge in [-0.3, -0.25) is 4.72 Å². The van der Waals surface area contributed by atoms with Crippen molar-refractivity contribution in [3.05, 3.63) is 108 Å². The molecular formula is C38H56Cl2N12O4S2. The lowest BCUT2D eigenvalue weighted by molar-refractivity contribution is 0.363. The monoisotopic (exact) mass is 879 g/mol. The molecule has 0 fully saturated rings. The van der Waals surface area contributed by atoms with E-state index in [4.69, 9.17) is 39.6 Å². The van der Waals surface area contributed by atoms with Gasteiger partial charge in [-0.1, -0.05) is 44.7 Å². The van der Waals surface area contributed by atoms with Crippen LogP contribution in [-0.2, 0) is 43.0 Å². The van der Waals surface area contributed by atoms with E-state index < -0.39 is 19.1 Å². The highest BCUT2D eigenvalue weighted by Gasteiger charge is 2.23. The van der Waals surface area contributed by atoms with Gasteiger partial charge >= 0.3 is 0 Å². The number of aromatic nitrogens is 8. The highest BCUT2D eigenvalue weighted by Crippen LogP contribution is 2.26. The number of hydrogen-bond donors (Lipinski definition) is 4. The molecule has 6 rings (SSSR count). The van der Waals surface area contributed by atoms with Crippen LogP contribution in [0.15, 0.2) is 85.6 Å². The topological polar surface area (TPSA) is 264 Å². The Labute approximate surface area is 352 Å². The number of rotatable bonds is 9. The van der Waals surface area contributed by atoms with Crippen molar-refractivity contribution in [1.29, 1.82) is 0 Å². The van der Waals surface area contributed by atoms with E-state index in [-0.39, 0.29) is 35.0 Å². The van der Waals surface area contributed by atoms with E-state index >= 15 is 0 Å². The normalized spacial score (nSPS) is 11.6. The highest BCUT2D eigenvalue weighted by molar-refractivity contribution is 8.13. The predicted octanol–water partition coefficient (Wildman–Crippen LogP) is 7.96. The third-order valence-electron chi connectivity index (χ3n) is 7.54. The molecule has 0 saturated carbocycles. The molecule has 9 N–H and O–H groups in total. The van der Waals surface area contributed by atoms with E-state index in [1.54, 1.807) is 37.6 Å². The van der Waals surface area contributed by atoms with Gasteiger partial charge in [0.05, 0.1) is 39.0 Å². The summed E-state index contributed by atoms with van der Waals surface area (Å²) >= 11 is 5.02. The van der Waals surface area contributed by atoms with E-state index in [1.165, 1.54) is 6.33 Å². The second kappa shape index (κ2) is 21.9. The van der Waals surface area contributed by atoms with Crippen molar-refractivity contribution >= 4 is 74.8 Å². The summed E-state index contributed by atoms with van der Waals surface area (Å²) in [5.41, 5.74) is 12.3. The smallest absolute Gasteiger partial charge is 0.254 e. The minimum atomic E-state index is -3.54. The number of nitrogen functional groups attached to an aromatic ring is 1. The minimum Gasteiger partial charge on any atom is -0.399 e. The molecule has 0 spiro atoms. The lowest BCUT2D eigenvalue weighted by Gasteiger charge is -2.19. The van der Waals surface area contributed by atoms with Crippen LogP contribution < -0.4 is 22.8 Å². The maximum atomic E-state index is 11.7. The summed E-state index contributed by atoms with van der Waals surface area (Å²) in [5, 5.41) is 12.3. The number of hydrogen-bond acceptors (Lipinski definition) is 13. The van der Waals surface area contributed by atoms with Crippen LogP contribution in [0.1, 0.15) is 79.3 Å². The number of sulfonamides is 1. The van der Waals surface area contributed by atoms with E-state index in [0.717, 1.165) is 62.1 Å². The van der Waals surface area contributed by atoms with E-state index in [2.05, 4.69) is 78.8 Å². The summed E-state index contributed by atoms with van der Waals surface area (Å²) in [6, 6.07) is 15.1. The van der Waals surface area contributed by atoms with Crippen LogP contribution in [0.5, 0.6) is 0 Å². The second-order valence-corrected chi connectivity index (χ2v) is 19.0. The van der Waals surface area contributed by atoms with Crippen LogP contribution in [0.3, 0.4) is 0 Å². The fourth-order valence-electron chi connectivity index (χ4n) is 5.16. The summed E-state index contributed by atoms with van der Waals surface area (Å²) in [6.07, 6.45) is 7.93. The fourth-order valence-corrected chi connectivity index (χ4v) is 6.97. The maximum Gasteiger partial charge on any atom is 0.254 e. The summed E-state index contributed by atoms with van der Waals surface area (Å²) in [7, 11) is -2.15. The third kappa shape index (κ3) is 14.9. The van der Waals surface area contributed by atoms with Gasteiger partial charge in [-0.2, -0.15) is 10.2 Å². The van der Waals surface area contributed by atoms with Crippen LogP contribution in [0.4, 0.5) is 11.4 Å². The van der Waals surface area contributed by atoms with Gasteiger partial charge in [0.1, 0.15) is 12.7 Å². The third-order valence-corrected chi connectivity index (χ3v) is 10.1. The summed E-state index contributed by atoms with van der Waals surface area (Å²) < 4.78 is 55.7. The Morgan fingerprint density at radius 2 is 1.28 bits per heavy atom. The lowest BCUT2D eigenvalue weighted by atomic mass is 10.1. The number of nitrogens with zero attached hydrogens (tertiary/aromatic N) is 8. The van der Waals surface area contributed by atoms with Gasteiger partial charge in [0.15, 0.2) is 11.3 Å². The van der Waals surface area contributed by atoms with Gasteiger partial charge in [-0.25, -0.2) is 46.1 Å². The fraction of sp³-hybridized carbons (Fsp3) is 0.368. The first-order valence-corrected chi connectivity index (χ1v) is 21.9. The molecule has 0 radical (unpaired) electrons. The maximum absolute atomic E-state index is 11.7. The van der Waals surface area contributed by atoms with Gasteiger partial charge in [-0.15, -0.1) is 11.6 Å². The van der Waals surface area contributed by atoms with Crippen LogP contribution in [-0.4, -0.2) is 68.0 Å². The highest BCUT2D eigenvalue weighted by atomic mass is 35.7. The number of halogens is 2. The first kappa shape index (κ1) is 49.4. The molecule has 20 heteroatoms. The van der Waals surface area contributed by atoms with Crippen LogP contribution in [0, 0.1) is 0 Å². The molecular weight excluding hydrogens is 824 g/mol. The van der Waals surface area contributed by atoms with Gasteiger partial charge < -0.3 is 18.0 Å². The number of benzene rings is 2. The average molecular weight is 881 g/mol. The molecule has 58 heavy (non-hydrogen) atoms. The predicted molar refractivity (Wildman–Crippen MR) is 238 cm³/mol. The van der Waals surface area contributed by atoms with Gasteiger partial charge in [0.2, 0.25) is 9.05 Å². The number of nitrogens with two attached hydrogens (primary N) is 1. The lowest BCUT2D eigenvalue weighted by Crippen LogP contribution is -2.23. The quantitative estimate of drug-likeness (QED) is 0.0611. The van der Waals surface area contributed by atoms with E-state index in [1.807, 2.05) is 39.8 Å². The molecule has 0 amide bonds. The molecule has 2 aromatic carbocycles. The van der Waals surface area contributed by atoms with Crippen molar-refractivity contribution < 1.29 is 18.2 Å². The molecule has 0 bridgehead atoms.